The van der Waals surface area contributed by atoms with E-state index in [2.05, 4.69) is 18.8 Å². The van der Waals surface area contributed by atoms with Crippen molar-refractivity contribution in [3.8, 4) is 23.3 Å². The molecule has 19 heavy (non-hydrogen) atoms. The van der Waals surface area contributed by atoms with Crippen LogP contribution in [0.4, 0.5) is 0 Å². The molecule has 0 saturated heterocycles. The molecule has 0 unspecified atom stereocenters. The normalized spacial score (nSPS) is 9.63. The van der Waals surface area contributed by atoms with Crippen molar-refractivity contribution in [2.45, 2.75) is 45.4 Å². The fraction of sp³-hybridized carbons (Fsp3) is 0.529. The average molecular weight is 260 g/mol. The van der Waals surface area contributed by atoms with E-state index in [4.69, 9.17) is 9.47 Å². The van der Waals surface area contributed by atoms with Gasteiger partial charge in [-0.3, -0.25) is 0 Å². The molecule has 1 aromatic rings. The number of hydrogen-bond donors (Lipinski definition) is 0. The minimum atomic E-state index is 0.805. The number of rotatable bonds is 7. The summed E-state index contributed by atoms with van der Waals surface area (Å²) in [6.07, 6.45) is 7.34. The highest BCUT2D eigenvalue weighted by molar-refractivity contribution is 5.50. The van der Waals surface area contributed by atoms with Crippen molar-refractivity contribution >= 4 is 0 Å². The van der Waals surface area contributed by atoms with Gasteiger partial charge in [-0.25, -0.2) is 0 Å². The predicted octanol–water partition coefficient (Wildman–Crippen LogP) is 4.42. The maximum Gasteiger partial charge on any atom is 0.134 e. The Bertz CT molecular complexity index is 427. The Labute approximate surface area is 117 Å². The van der Waals surface area contributed by atoms with E-state index < -0.39 is 0 Å². The second kappa shape index (κ2) is 9.33. The molecule has 2 heteroatoms. The highest BCUT2D eigenvalue weighted by Crippen LogP contribution is 2.22. The van der Waals surface area contributed by atoms with E-state index in [0.717, 1.165) is 23.5 Å². The Morgan fingerprint density at radius 1 is 1.00 bits per heavy atom. The lowest BCUT2D eigenvalue weighted by Crippen LogP contribution is -1.90. The molecule has 0 bridgehead atoms. The first-order chi connectivity index (χ1) is 9.31. The van der Waals surface area contributed by atoms with E-state index in [1.165, 1.54) is 32.1 Å². The Kier molecular flexibility index (Phi) is 7.58. The Balaban J connectivity index is 2.51. The predicted molar refractivity (Wildman–Crippen MR) is 79.8 cm³/mol. The molecule has 2 nitrogen and oxygen atoms in total. The first kappa shape index (κ1) is 15.4. The summed E-state index contributed by atoms with van der Waals surface area (Å²) in [5.41, 5.74) is 0.899. The highest BCUT2D eigenvalue weighted by atomic mass is 16.5. The minimum absolute atomic E-state index is 0.805. The highest BCUT2D eigenvalue weighted by Gasteiger charge is 2.01. The monoisotopic (exact) mass is 260 g/mol. The average Bonchev–Trinajstić information content (AvgIpc) is 2.46. The maximum atomic E-state index is 5.30. The van der Waals surface area contributed by atoms with Crippen LogP contribution in [0.15, 0.2) is 18.2 Å². The molecule has 0 radical (unpaired) electrons. The molecule has 0 aliphatic heterocycles. The molecule has 0 spiro atoms. The number of methoxy groups -OCH3 is 2. The van der Waals surface area contributed by atoms with Crippen LogP contribution >= 0.6 is 0 Å². The van der Waals surface area contributed by atoms with Crippen molar-refractivity contribution in [3.05, 3.63) is 23.8 Å². The Hall–Kier alpha value is -1.62. The molecule has 0 heterocycles. The Morgan fingerprint density at radius 3 is 2.47 bits per heavy atom. The summed E-state index contributed by atoms with van der Waals surface area (Å²) in [6, 6.07) is 5.70. The van der Waals surface area contributed by atoms with Crippen LogP contribution in [0.2, 0.25) is 0 Å². The summed E-state index contributed by atoms with van der Waals surface area (Å²) in [7, 11) is 3.32. The van der Waals surface area contributed by atoms with Crippen molar-refractivity contribution in [3.63, 3.8) is 0 Å². The molecule has 0 fully saturated rings. The van der Waals surface area contributed by atoms with Crippen LogP contribution in [0.1, 0.15) is 51.0 Å². The van der Waals surface area contributed by atoms with Gasteiger partial charge in [-0.2, -0.15) is 0 Å². The zero-order valence-corrected chi connectivity index (χ0v) is 12.3. The molecule has 0 atom stereocenters. The first-order valence-electron chi connectivity index (χ1n) is 7.02. The third-order valence-corrected chi connectivity index (χ3v) is 3.04. The third kappa shape index (κ3) is 5.70. The van der Waals surface area contributed by atoms with E-state index in [1.807, 2.05) is 18.2 Å². The van der Waals surface area contributed by atoms with Gasteiger partial charge in [-0.05, 0) is 24.6 Å². The number of unbranched alkanes of at least 4 members (excludes halogenated alkanes) is 5. The SMILES string of the molecule is CCCCCCCC#Cc1cc(OC)ccc1OC. The van der Waals surface area contributed by atoms with Gasteiger partial charge in [0.25, 0.3) is 0 Å². The van der Waals surface area contributed by atoms with Gasteiger partial charge in [0.2, 0.25) is 0 Å². The van der Waals surface area contributed by atoms with Gasteiger partial charge in [0, 0.05) is 6.42 Å². The van der Waals surface area contributed by atoms with Gasteiger partial charge in [-0.15, -0.1) is 0 Å². The molecule has 0 amide bonds. The van der Waals surface area contributed by atoms with Crippen molar-refractivity contribution < 1.29 is 9.47 Å². The van der Waals surface area contributed by atoms with Gasteiger partial charge >= 0.3 is 0 Å². The molecule has 0 N–H and O–H groups in total. The van der Waals surface area contributed by atoms with Crippen LogP contribution in [0, 0.1) is 11.8 Å². The summed E-state index contributed by atoms with van der Waals surface area (Å²) in [4.78, 5) is 0. The van der Waals surface area contributed by atoms with Crippen molar-refractivity contribution in [1.29, 1.82) is 0 Å². The fourth-order valence-electron chi connectivity index (χ4n) is 1.89. The van der Waals surface area contributed by atoms with Gasteiger partial charge < -0.3 is 9.47 Å². The third-order valence-electron chi connectivity index (χ3n) is 3.04. The first-order valence-corrected chi connectivity index (χ1v) is 7.02. The quantitative estimate of drug-likeness (QED) is 0.534. The summed E-state index contributed by atoms with van der Waals surface area (Å²) in [5.74, 6) is 8.01. The lowest BCUT2D eigenvalue weighted by molar-refractivity contribution is 0.402. The van der Waals surface area contributed by atoms with E-state index in [1.54, 1.807) is 14.2 Å². The molecule has 0 aliphatic carbocycles. The summed E-state index contributed by atoms with van der Waals surface area (Å²) >= 11 is 0. The molecule has 1 aromatic carbocycles. The zero-order valence-electron chi connectivity index (χ0n) is 12.3. The minimum Gasteiger partial charge on any atom is -0.497 e. The lowest BCUT2D eigenvalue weighted by Gasteiger charge is -2.05. The molecular weight excluding hydrogens is 236 g/mol. The standard InChI is InChI=1S/C17H24O2/c1-4-5-6-7-8-9-10-11-15-14-16(18-2)12-13-17(15)19-3/h12-14H,4-9H2,1-3H3. The van der Waals surface area contributed by atoms with Crippen LogP contribution in [0.3, 0.4) is 0 Å². The van der Waals surface area contributed by atoms with Crippen LogP contribution in [0.25, 0.3) is 0 Å². The summed E-state index contributed by atoms with van der Waals surface area (Å²) in [6.45, 7) is 2.23. The van der Waals surface area contributed by atoms with Gasteiger partial charge in [0.1, 0.15) is 11.5 Å². The fourth-order valence-corrected chi connectivity index (χ4v) is 1.89. The smallest absolute Gasteiger partial charge is 0.134 e. The Morgan fingerprint density at radius 2 is 1.79 bits per heavy atom. The topological polar surface area (TPSA) is 18.5 Å². The van der Waals surface area contributed by atoms with Crippen LogP contribution in [-0.4, -0.2) is 14.2 Å². The van der Waals surface area contributed by atoms with Crippen molar-refractivity contribution in [2.24, 2.45) is 0 Å². The molecular formula is C17H24O2. The second-order valence-electron chi connectivity index (χ2n) is 4.53. The van der Waals surface area contributed by atoms with Crippen LogP contribution < -0.4 is 9.47 Å². The lowest BCUT2D eigenvalue weighted by atomic mass is 10.1. The van der Waals surface area contributed by atoms with E-state index in [9.17, 15) is 0 Å². The summed E-state index contributed by atoms with van der Waals surface area (Å²) < 4.78 is 10.5. The van der Waals surface area contributed by atoms with Crippen molar-refractivity contribution in [1.82, 2.24) is 0 Å². The van der Waals surface area contributed by atoms with E-state index in [-0.39, 0.29) is 0 Å². The molecule has 0 aliphatic rings. The van der Waals surface area contributed by atoms with Gasteiger partial charge in [0.05, 0.1) is 19.8 Å². The van der Waals surface area contributed by atoms with E-state index >= 15 is 0 Å². The number of benzene rings is 1. The second-order valence-corrected chi connectivity index (χ2v) is 4.53. The molecule has 0 aromatic heterocycles. The molecule has 1 rings (SSSR count). The van der Waals surface area contributed by atoms with Crippen molar-refractivity contribution in [2.75, 3.05) is 14.2 Å². The summed E-state index contributed by atoms with van der Waals surface area (Å²) in [5, 5.41) is 0. The van der Waals surface area contributed by atoms with Gasteiger partial charge in [0.15, 0.2) is 0 Å². The maximum absolute atomic E-state index is 5.30. The molecule has 0 saturated carbocycles. The number of hydrogen-bond acceptors (Lipinski definition) is 2. The van der Waals surface area contributed by atoms with Gasteiger partial charge in [-0.1, -0.05) is 44.4 Å². The largest absolute Gasteiger partial charge is 0.497 e. The van der Waals surface area contributed by atoms with Crippen LogP contribution in [0.5, 0.6) is 11.5 Å². The van der Waals surface area contributed by atoms with Crippen LogP contribution in [-0.2, 0) is 0 Å². The number of ether oxygens (including phenoxy) is 2. The zero-order chi connectivity index (χ0) is 13.9. The van der Waals surface area contributed by atoms with E-state index in [0.29, 0.717) is 0 Å². The molecule has 104 valence electrons.